The van der Waals surface area contributed by atoms with Gasteiger partial charge in [0.15, 0.2) is 0 Å². The minimum Gasteiger partial charge on any atom is -0.306 e. The first kappa shape index (κ1) is 56.3. The molecule has 0 N–H and O–H groups in total. The Hall–Kier alpha value is 0.920. The summed E-state index contributed by atoms with van der Waals surface area (Å²) in [6.07, 6.45) is 45.7. The zero-order valence-electron chi connectivity index (χ0n) is 38.4. The molecule has 0 unspecified atom stereocenters. The van der Waals surface area contributed by atoms with Crippen LogP contribution in [0.5, 0.6) is 0 Å². The van der Waals surface area contributed by atoms with Crippen molar-refractivity contribution in [2.24, 2.45) is 10.8 Å². The molecular formula is C48H102N2Na. The molecule has 0 aliphatic rings. The van der Waals surface area contributed by atoms with Crippen molar-refractivity contribution in [2.75, 3.05) is 40.3 Å². The topological polar surface area (TPSA) is 6.48 Å². The molecule has 0 fully saturated rings. The zero-order chi connectivity index (χ0) is 37.6. The summed E-state index contributed by atoms with van der Waals surface area (Å²) in [4.78, 5) is 5.11. The van der Waals surface area contributed by atoms with E-state index in [1.165, 1.54) is 232 Å². The normalized spacial score (nSPS) is 12.0. The molecule has 0 aliphatic heterocycles. The van der Waals surface area contributed by atoms with E-state index in [2.05, 4.69) is 79.3 Å². The average molecular weight is 730 g/mol. The van der Waals surface area contributed by atoms with Crippen molar-refractivity contribution in [1.82, 2.24) is 9.80 Å². The standard InChI is InChI=1S/2C24H51N.Na/c2*1-6-7-8-9-10-13-16-19-22-25(5)23-20-17-14-11-12-15-18-21-24(2,3)4;/h2*6-23H2,1-5H3;. The molecule has 305 valence electrons. The summed E-state index contributed by atoms with van der Waals surface area (Å²) in [6.45, 7) is 24.0. The van der Waals surface area contributed by atoms with Gasteiger partial charge in [-0.3, -0.25) is 0 Å². The van der Waals surface area contributed by atoms with Gasteiger partial charge >= 0.3 is 0 Å². The Morgan fingerprint density at radius 3 is 0.647 bits per heavy atom. The summed E-state index contributed by atoms with van der Waals surface area (Å²) in [5.41, 5.74) is 1.05. The summed E-state index contributed by atoms with van der Waals surface area (Å²) in [5.74, 6) is 0. The van der Waals surface area contributed by atoms with Crippen LogP contribution in [0.2, 0.25) is 0 Å². The van der Waals surface area contributed by atoms with Crippen molar-refractivity contribution in [3.63, 3.8) is 0 Å². The van der Waals surface area contributed by atoms with Gasteiger partial charge in [-0.05, 0) is 89.6 Å². The number of nitrogens with zero attached hydrogens (tertiary/aromatic N) is 2. The van der Waals surface area contributed by atoms with Crippen molar-refractivity contribution in [3.05, 3.63) is 0 Å². The number of hydrogen-bond donors (Lipinski definition) is 0. The van der Waals surface area contributed by atoms with E-state index in [4.69, 9.17) is 0 Å². The van der Waals surface area contributed by atoms with E-state index in [1.54, 1.807) is 0 Å². The quantitative estimate of drug-likeness (QED) is 0.0468. The van der Waals surface area contributed by atoms with Gasteiger partial charge in [0.05, 0.1) is 0 Å². The van der Waals surface area contributed by atoms with Gasteiger partial charge in [0.1, 0.15) is 0 Å². The molecule has 0 rings (SSSR count). The molecule has 3 heteroatoms. The number of unbranched alkanes of at least 4 members (excludes halogenated alkanes) is 26. The maximum atomic E-state index is 2.56. The van der Waals surface area contributed by atoms with Gasteiger partial charge in [0.25, 0.3) is 0 Å². The Bertz CT molecular complexity index is 568. The van der Waals surface area contributed by atoms with E-state index in [9.17, 15) is 0 Å². The summed E-state index contributed by atoms with van der Waals surface area (Å²) in [6, 6.07) is 0. The van der Waals surface area contributed by atoms with Crippen molar-refractivity contribution < 1.29 is 0 Å². The Kier molecular flexibility index (Phi) is 46.4. The van der Waals surface area contributed by atoms with Crippen LogP contribution >= 0.6 is 0 Å². The van der Waals surface area contributed by atoms with Crippen LogP contribution in [0.4, 0.5) is 0 Å². The average Bonchev–Trinajstić information content (AvgIpc) is 3.05. The first-order valence-corrected chi connectivity index (χ1v) is 23.3. The summed E-state index contributed by atoms with van der Waals surface area (Å²) in [5, 5.41) is 0. The van der Waals surface area contributed by atoms with Gasteiger partial charge in [0.2, 0.25) is 0 Å². The van der Waals surface area contributed by atoms with Crippen LogP contribution in [0.1, 0.15) is 261 Å². The fourth-order valence-corrected chi connectivity index (χ4v) is 7.10. The monoisotopic (exact) mass is 730 g/mol. The minimum absolute atomic E-state index is 0. The van der Waals surface area contributed by atoms with Gasteiger partial charge in [-0.15, -0.1) is 0 Å². The van der Waals surface area contributed by atoms with Crippen molar-refractivity contribution in [3.8, 4) is 0 Å². The van der Waals surface area contributed by atoms with Crippen LogP contribution in [-0.2, 0) is 0 Å². The van der Waals surface area contributed by atoms with E-state index < -0.39 is 0 Å². The van der Waals surface area contributed by atoms with Crippen LogP contribution in [0.15, 0.2) is 0 Å². The van der Waals surface area contributed by atoms with Crippen molar-refractivity contribution in [1.29, 1.82) is 0 Å². The zero-order valence-corrected chi connectivity index (χ0v) is 40.4. The van der Waals surface area contributed by atoms with E-state index in [-0.39, 0.29) is 29.6 Å². The number of rotatable bonds is 36. The third kappa shape index (κ3) is 55.4. The fraction of sp³-hybridized carbons (Fsp3) is 1.00. The first-order valence-electron chi connectivity index (χ1n) is 23.3. The van der Waals surface area contributed by atoms with Gasteiger partial charge in [-0.1, -0.05) is 222 Å². The predicted octanol–water partition coefficient (Wildman–Crippen LogP) is 16.1. The third-order valence-corrected chi connectivity index (χ3v) is 10.7. The maximum Gasteiger partial charge on any atom is 0 e. The minimum atomic E-state index is 0. The molecular weight excluding hydrogens is 628 g/mol. The van der Waals surface area contributed by atoms with Crippen LogP contribution in [0, 0.1) is 10.8 Å². The Morgan fingerprint density at radius 1 is 0.275 bits per heavy atom. The smallest absolute Gasteiger partial charge is 0 e. The van der Waals surface area contributed by atoms with E-state index >= 15 is 0 Å². The second-order valence-corrected chi connectivity index (χ2v) is 19.1. The van der Waals surface area contributed by atoms with Gasteiger partial charge in [-0.2, -0.15) is 0 Å². The predicted molar refractivity (Wildman–Crippen MR) is 239 cm³/mol. The molecule has 1 radical (unpaired) electrons. The van der Waals surface area contributed by atoms with Crippen LogP contribution in [0.3, 0.4) is 0 Å². The first-order chi connectivity index (χ1) is 23.9. The molecule has 0 aromatic rings. The molecule has 51 heavy (non-hydrogen) atoms. The van der Waals surface area contributed by atoms with Crippen LogP contribution in [-0.4, -0.2) is 79.6 Å². The molecule has 2 nitrogen and oxygen atoms in total. The third-order valence-electron chi connectivity index (χ3n) is 10.7. The molecule has 0 amide bonds. The molecule has 0 aromatic carbocycles. The molecule has 0 saturated heterocycles. The molecule has 0 atom stereocenters. The molecule has 0 aromatic heterocycles. The van der Waals surface area contributed by atoms with E-state index in [1.807, 2.05) is 0 Å². The summed E-state index contributed by atoms with van der Waals surface area (Å²) < 4.78 is 0. The van der Waals surface area contributed by atoms with Gasteiger partial charge in [-0.25, -0.2) is 0 Å². The van der Waals surface area contributed by atoms with Crippen molar-refractivity contribution >= 4 is 29.6 Å². The van der Waals surface area contributed by atoms with Gasteiger partial charge in [0, 0.05) is 29.6 Å². The van der Waals surface area contributed by atoms with E-state index in [0.29, 0.717) is 10.8 Å². The number of hydrogen-bond acceptors (Lipinski definition) is 2. The summed E-state index contributed by atoms with van der Waals surface area (Å²) in [7, 11) is 4.63. The fourth-order valence-electron chi connectivity index (χ4n) is 7.10. The van der Waals surface area contributed by atoms with E-state index in [0.717, 1.165) is 0 Å². The SMILES string of the molecule is CCCCCCCCCCN(C)CCCCCCCCCC(C)(C)C.CCCCCCCCCCN(C)CCCCCCCCCC(C)(C)C.[Na]. The Morgan fingerprint density at radius 2 is 0.451 bits per heavy atom. The Balaban J connectivity index is -0.000000886. The second-order valence-electron chi connectivity index (χ2n) is 19.1. The molecule has 0 spiro atoms. The van der Waals surface area contributed by atoms with Crippen LogP contribution in [0.25, 0.3) is 0 Å². The Labute approximate surface area is 349 Å². The maximum absolute atomic E-state index is 2.56. The molecule has 0 bridgehead atoms. The largest absolute Gasteiger partial charge is 0.306 e. The summed E-state index contributed by atoms with van der Waals surface area (Å²) >= 11 is 0. The molecule has 0 aliphatic carbocycles. The van der Waals surface area contributed by atoms with Gasteiger partial charge < -0.3 is 9.80 Å². The van der Waals surface area contributed by atoms with Crippen LogP contribution < -0.4 is 0 Å². The molecule has 0 saturated carbocycles. The second kappa shape index (κ2) is 42.1. The van der Waals surface area contributed by atoms with Crippen molar-refractivity contribution in [2.45, 2.75) is 261 Å². The molecule has 0 heterocycles.